The minimum atomic E-state index is -2.05. The molecule has 0 rings (SSSR count). The molecule has 0 aliphatic rings. The third-order valence-corrected chi connectivity index (χ3v) is 4.21. The van der Waals surface area contributed by atoms with Crippen LogP contribution in [0.2, 0.25) is 0 Å². The van der Waals surface area contributed by atoms with E-state index < -0.39 is 25.0 Å². The second-order valence-electron chi connectivity index (χ2n) is 4.65. The van der Waals surface area contributed by atoms with Crippen molar-refractivity contribution in [2.24, 2.45) is 0 Å². The Labute approximate surface area is 141 Å². The molecule has 7 heteroatoms. The molecule has 0 aliphatic carbocycles. The Morgan fingerprint density at radius 3 is 1.50 bits per heavy atom. The van der Waals surface area contributed by atoms with E-state index in [4.69, 9.17) is 15.1 Å². The number of hydrogen-bond donors (Lipinski definition) is 1. The van der Waals surface area contributed by atoms with Crippen molar-refractivity contribution in [3.05, 3.63) is 0 Å². The van der Waals surface area contributed by atoms with Gasteiger partial charge >= 0.3 is 94.8 Å². The van der Waals surface area contributed by atoms with E-state index in [1.54, 1.807) is 0 Å². The molecule has 0 amide bonds. The summed E-state index contributed by atoms with van der Waals surface area (Å²) in [5.74, 6) is -1.22. The summed E-state index contributed by atoms with van der Waals surface area (Å²) in [6.45, 7) is 10.4. The van der Waals surface area contributed by atoms with Crippen molar-refractivity contribution >= 4 is 11.8 Å². The molecule has 0 aromatic carbocycles. The monoisotopic (exact) mass is 355 g/mol. The average Bonchev–Trinajstić information content (AvgIpc) is 2.46. The van der Waals surface area contributed by atoms with Crippen molar-refractivity contribution in [1.82, 2.24) is 0 Å². The van der Waals surface area contributed by atoms with Gasteiger partial charge in [0, 0.05) is 6.42 Å². The van der Waals surface area contributed by atoms with Gasteiger partial charge in [-0.05, 0) is 6.42 Å². The zero-order chi connectivity index (χ0) is 17.2. The molecule has 0 spiro atoms. The minimum absolute atomic E-state index is 0.190. The van der Waals surface area contributed by atoms with Crippen LogP contribution in [0.4, 0.5) is 0 Å². The Balaban J connectivity index is 0. The van der Waals surface area contributed by atoms with E-state index in [-0.39, 0.29) is 12.2 Å². The van der Waals surface area contributed by atoms with Crippen LogP contribution >= 0.6 is 0 Å². The molecule has 0 radical (unpaired) electrons. The van der Waals surface area contributed by atoms with Crippen LogP contribution in [-0.4, -0.2) is 36.7 Å². The van der Waals surface area contributed by atoms with Gasteiger partial charge in [0.15, 0.2) is 0 Å². The third-order valence-electron chi connectivity index (χ3n) is 2.15. The second-order valence-corrected chi connectivity index (χ2v) is 6.79. The number of ketones is 1. The van der Waals surface area contributed by atoms with E-state index in [1.807, 2.05) is 6.92 Å². The molecule has 0 fully saturated rings. The van der Waals surface area contributed by atoms with Gasteiger partial charge in [-0.2, -0.15) is 0 Å². The van der Waals surface area contributed by atoms with Crippen LogP contribution in [0.15, 0.2) is 0 Å². The maximum absolute atomic E-state index is 10.5. The van der Waals surface area contributed by atoms with Crippen molar-refractivity contribution in [2.45, 2.75) is 66.2 Å². The Morgan fingerprint density at radius 2 is 1.23 bits per heavy atom. The van der Waals surface area contributed by atoms with E-state index in [1.165, 1.54) is 0 Å². The van der Waals surface area contributed by atoms with Crippen LogP contribution < -0.4 is 0 Å². The zero-order valence-corrected chi connectivity index (χ0v) is 15.9. The fourth-order valence-corrected chi connectivity index (χ4v) is 3.34. The molecule has 0 aliphatic heterocycles. The van der Waals surface area contributed by atoms with Crippen molar-refractivity contribution in [1.29, 1.82) is 0 Å². The summed E-state index contributed by atoms with van der Waals surface area (Å²) >= 11 is -2.05. The summed E-state index contributed by atoms with van der Waals surface area (Å²) in [7, 11) is 0. The number of hydrogen-bond acceptors (Lipinski definition) is 5. The molecular formula is C15H31O6Ti. The Hall–Kier alpha value is -0.266. The number of aliphatic carboxylic acids is 1. The molecule has 0 aromatic heterocycles. The molecular weight excluding hydrogens is 324 g/mol. The van der Waals surface area contributed by atoms with Gasteiger partial charge in [-0.3, -0.25) is 9.59 Å². The summed E-state index contributed by atoms with van der Waals surface area (Å²) in [5.41, 5.74) is 0. The fraction of sp³-hybridized carbons (Fsp3) is 0.867. The van der Waals surface area contributed by atoms with Gasteiger partial charge in [-0.1, -0.05) is 6.92 Å². The number of Topliss-reactive ketones (excluding diaryl/α,β-unsaturated/α-hetero) is 1. The number of rotatable bonds is 13. The van der Waals surface area contributed by atoms with E-state index >= 15 is 0 Å². The predicted octanol–water partition coefficient (Wildman–Crippen LogP) is 3.46. The molecule has 0 saturated carbocycles. The molecule has 22 heavy (non-hydrogen) atoms. The van der Waals surface area contributed by atoms with Gasteiger partial charge in [0.25, 0.3) is 0 Å². The molecule has 0 bridgehead atoms. The standard InChI is InChI=1S/C6H10O3.3C3H7O.Ti/c1-2-3-5(7)4-6(8)9;3*1-2-3-4;/h2-4H2,1H3,(H,8,9);3*2-3H2,1H3;/q;3*-1;+3. The zero-order valence-electron chi connectivity index (χ0n) is 14.4. The molecule has 6 nitrogen and oxygen atoms in total. The van der Waals surface area contributed by atoms with Crippen LogP contribution in [0.5, 0.6) is 0 Å². The molecule has 131 valence electrons. The number of carboxylic acid groups (broad SMARTS) is 1. The Bertz CT molecular complexity index is 254. The molecule has 0 atom stereocenters. The molecule has 0 saturated heterocycles. The number of carbonyl (C=O) groups excluding carboxylic acids is 1. The van der Waals surface area contributed by atoms with Gasteiger partial charge in [-0.25, -0.2) is 0 Å². The normalized spacial score (nSPS) is 9.82. The van der Waals surface area contributed by atoms with Crippen molar-refractivity contribution in [2.75, 3.05) is 19.8 Å². The molecule has 0 aromatic rings. The van der Waals surface area contributed by atoms with Gasteiger partial charge in [0.05, 0.1) is 0 Å². The van der Waals surface area contributed by atoms with Gasteiger partial charge < -0.3 is 5.11 Å². The molecule has 0 heterocycles. The van der Waals surface area contributed by atoms with Gasteiger partial charge in [0.1, 0.15) is 12.2 Å². The topological polar surface area (TPSA) is 82.1 Å². The van der Waals surface area contributed by atoms with Crippen LogP contribution in [-0.2, 0) is 38.6 Å². The summed E-state index contributed by atoms with van der Waals surface area (Å²) in [6.07, 6.45) is 3.87. The fourth-order valence-electron chi connectivity index (χ4n) is 1.22. The van der Waals surface area contributed by atoms with Crippen LogP contribution in [0.1, 0.15) is 66.2 Å². The van der Waals surface area contributed by atoms with Crippen LogP contribution in [0, 0.1) is 0 Å². The van der Waals surface area contributed by atoms with E-state index in [9.17, 15) is 9.59 Å². The predicted molar refractivity (Wildman–Crippen MR) is 80.9 cm³/mol. The first kappa shape index (κ1) is 24.0. The Kier molecular flexibility index (Phi) is 20.5. The van der Waals surface area contributed by atoms with Crippen LogP contribution in [0.25, 0.3) is 0 Å². The maximum atomic E-state index is 10.5. The quantitative estimate of drug-likeness (QED) is 0.402. The van der Waals surface area contributed by atoms with Crippen molar-refractivity contribution in [3.8, 4) is 0 Å². The first-order chi connectivity index (χ1) is 10.5. The van der Waals surface area contributed by atoms with Crippen LogP contribution in [0.3, 0.4) is 0 Å². The first-order valence-electron chi connectivity index (χ1n) is 8.00. The number of carbonyl (C=O) groups is 2. The van der Waals surface area contributed by atoms with Crippen molar-refractivity contribution < 1.29 is 43.7 Å². The van der Waals surface area contributed by atoms with E-state index in [0.717, 1.165) is 45.5 Å². The summed E-state index contributed by atoms with van der Waals surface area (Å²) in [6, 6.07) is 0. The third kappa shape index (κ3) is 19.7. The van der Waals surface area contributed by atoms with Gasteiger partial charge in [0.2, 0.25) is 0 Å². The van der Waals surface area contributed by atoms with Crippen molar-refractivity contribution in [3.63, 3.8) is 0 Å². The SMILES string of the molecule is CCCC(=O)CC(=O)O.CCC[O][Ti]([O]CCC)[O]CCC. The summed E-state index contributed by atoms with van der Waals surface area (Å²) < 4.78 is 16.6. The molecule has 0 unspecified atom stereocenters. The number of carboxylic acids is 1. The average molecular weight is 355 g/mol. The Morgan fingerprint density at radius 1 is 0.818 bits per heavy atom. The summed E-state index contributed by atoms with van der Waals surface area (Å²) in [5, 5.41) is 8.09. The second kappa shape index (κ2) is 18.8. The molecule has 1 N–H and O–H groups in total. The van der Waals surface area contributed by atoms with E-state index in [0.29, 0.717) is 6.42 Å². The van der Waals surface area contributed by atoms with E-state index in [2.05, 4.69) is 20.8 Å². The first-order valence-corrected chi connectivity index (χ1v) is 9.91. The van der Waals surface area contributed by atoms with Gasteiger partial charge in [-0.15, -0.1) is 0 Å². The summed E-state index contributed by atoms with van der Waals surface area (Å²) in [4.78, 5) is 20.3.